The fourth-order valence-electron chi connectivity index (χ4n) is 1.73. The molecule has 2 rings (SSSR count). The molecule has 2 N–H and O–H groups in total. The standard InChI is InChI=1S/C13H17N3O2/c1-17-12(10-6-3-2-4-7-10)13-16-15-11(18-13)8-5-9-14/h2-4,6-7,12H,5,8-9,14H2,1H3. The summed E-state index contributed by atoms with van der Waals surface area (Å²) >= 11 is 0. The molecule has 0 aliphatic carbocycles. The zero-order chi connectivity index (χ0) is 12.8. The van der Waals surface area contributed by atoms with Crippen LogP contribution in [0.2, 0.25) is 0 Å². The van der Waals surface area contributed by atoms with Crippen molar-refractivity contribution in [3.05, 3.63) is 47.7 Å². The molecule has 0 fully saturated rings. The number of aromatic nitrogens is 2. The van der Waals surface area contributed by atoms with Gasteiger partial charge >= 0.3 is 0 Å². The first-order chi connectivity index (χ1) is 8.85. The number of ether oxygens (including phenoxy) is 1. The van der Waals surface area contributed by atoms with Gasteiger partial charge in [-0.1, -0.05) is 30.3 Å². The molecule has 96 valence electrons. The van der Waals surface area contributed by atoms with Crippen molar-refractivity contribution in [3.63, 3.8) is 0 Å². The summed E-state index contributed by atoms with van der Waals surface area (Å²) in [6.07, 6.45) is 1.23. The van der Waals surface area contributed by atoms with Gasteiger partial charge in [-0.05, 0) is 18.5 Å². The van der Waals surface area contributed by atoms with Crippen LogP contribution in [0.25, 0.3) is 0 Å². The van der Waals surface area contributed by atoms with E-state index in [-0.39, 0.29) is 6.10 Å². The van der Waals surface area contributed by atoms with Crippen molar-refractivity contribution in [2.45, 2.75) is 18.9 Å². The second-order valence-electron chi connectivity index (χ2n) is 3.95. The quantitative estimate of drug-likeness (QED) is 0.840. The highest BCUT2D eigenvalue weighted by Crippen LogP contribution is 2.24. The van der Waals surface area contributed by atoms with Gasteiger partial charge in [0.2, 0.25) is 11.8 Å². The summed E-state index contributed by atoms with van der Waals surface area (Å²) in [5, 5.41) is 8.03. The number of methoxy groups -OCH3 is 1. The number of rotatable bonds is 6. The SMILES string of the molecule is COC(c1ccccc1)c1nnc(CCCN)o1. The number of aryl methyl sites for hydroxylation is 1. The van der Waals surface area contributed by atoms with E-state index in [1.807, 2.05) is 30.3 Å². The molecule has 0 saturated heterocycles. The molecule has 0 spiro atoms. The zero-order valence-corrected chi connectivity index (χ0v) is 10.4. The Balaban J connectivity index is 2.15. The third-order valence-electron chi connectivity index (χ3n) is 2.64. The van der Waals surface area contributed by atoms with Gasteiger partial charge in [0, 0.05) is 13.5 Å². The molecule has 1 atom stereocenters. The number of hydrogen-bond acceptors (Lipinski definition) is 5. The number of nitrogens with zero attached hydrogens (tertiary/aromatic N) is 2. The molecule has 1 aromatic heterocycles. The minimum absolute atomic E-state index is 0.315. The molecular weight excluding hydrogens is 230 g/mol. The summed E-state index contributed by atoms with van der Waals surface area (Å²) in [4.78, 5) is 0. The number of nitrogens with two attached hydrogens (primary N) is 1. The third-order valence-corrected chi connectivity index (χ3v) is 2.64. The summed E-state index contributed by atoms with van der Waals surface area (Å²) in [5.41, 5.74) is 6.44. The third kappa shape index (κ3) is 2.94. The van der Waals surface area contributed by atoms with Crippen LogP contribution in [0.5, 0.6) is 0 Å². The molecule has 5 nitrogen and oxygen atoms in total. The summed E-state index contributed by atoms with van der Waals surface area (Å²) in [5.74, 6) is 1.09. The Labute approximate surface area is 106 Å². The molecule has 5 heteroatoms. The van der Waals surface area contributed by atoms with E-state index in [2.05, 4.69) is 10.2 Å². The highest BCUT2D eigenvalue weighted by Gasteiger charge is 2.19. The first-order valence-electron chi connectivity index (χ1n) is 5.95. The highest BCUT2D eigenvalue weighted by atomic mass is 16.5. The normalized spacial score (nSPS) is 12.6. The Kier molecular flexibility index (Phi) is 4.44. The zero-order valence-electron chi connectivity index (χ0n) is 10.4. The van der Waals surface area contributed by atoms with Crippen molar-refractivity contribution in [1.82, 2.24) is 10.2 Å². The van der Waals surface area contributed by atoms with Crippen LogP contribution in [0, 0.1) is 0 Å². The van der Waals surface area contributed by atoms with Crippen LogP contribution in [0.4, 0.5) is 0 Å². The lowest BCUT2D eigenvalue weighted by atomic mass is 10.1. The van der Waals surface area contributed by atoms with Crippen molar-refractivity contribution < 1.29 is 9.15 Å². The van der Waals surface area contributed by atoms with E-state index in [0.717, 1.165) is 12.0 Å². The van der Waals surface area contributed by atoms with E-state index < -0.39 is 0 Å². The number of benzene rings is 1. The van der Waals surface area contributed by atoms with Gasteiger partial charge in [0.25, 0.3) is 0 Å². The minimum atomic E-state index is -0.315. The lowest BCUT2D eigenvalue weighted by Crippen LogP contribution is -2.03. The summed E-state index contributed by atoms with van der Waals surface area (Å²) in [6, 6.07) is 9.80. The molecule has 18 heavy (non-hydrogen) atoms. The van der Waals surface area contributed by atoms with Crippen LogP contribution in [-0.4, -0.2) is 23.9 Å². The Bertz CT molecular complexity index is 470. The van der Waals surface area contributed by atoms with Gasteiger partial charge in [-0.25, -0.2) is 0 Å². The molecule has 0 aliphatic rings. The average Bonchev–Trinajstić information content (AvgIpc) is 2.87. The summed E-state index contributed by atoms with van der Waals surface area (Å²) in [6.45, 7) is 0.615. The molecule has 0 aliphatic heterocycles. The second kappa shape index (κ2) is 6.28. The topological polar surface area (TPSA) is 74.2 Å². The van der Waals surface area contributed by atoms with E-state index in [4.69, 9.17) is 14.9 Å². The highest BCUT2D eigenvalue weighted by molar-refractivity contribution is 5.21. The van der Waals surface area contributed by atoms with Crippen LogP contribution in [0.3, 0.4) is 0 Å². The summed E-state index contributed by atoms with van der Waals surface area (Å²) < 4.78 is 11.0. The van der Waals surface area contributed by atoms with Crippen molar-refractivity contribution >= 4 is 0 Å². The van der Waals surface area contributed by atoms with Crippen LogP contribution in [0.15, 0.2) is 34.7 Å². The lowest BCUT2D eigenvalue weighted by Gasteiger charge is -2.10. The first kappa shape index (κ1) is 12.7. The predicted molar refractivity (Wildman–Crippen MR) is 67.0 cm³/mol. The van der Waals surface area contributed by atoms with Gasteiger partial charge in [0.15, 0.2) is 6.10 Å². The largest absolute Gasteiger partial charge is 0.422 e. The Morgan fingerprint density at radius 1 is 1.28 bits per heavy atom. The smallest absolute Gasteiger partial charge is 0.249 e. The minimum Gasteiger partial charge on any atom is -0.422 e. The average molecular weight is 247 g/mol. The van der Waals surface area contributed by atoms with Gasteiger partial charge in [0.1, 0.15) is 0 Å². The van der Waals surface area contributed by atoms with E-state index in [1.165, 1.54) is 0 Å². The van der Waals surface area contributed by atoms with Gasteiger partial charge in [-0.3, -0.25) is 0 Å². The molecule has 0 amide bonds. The maximum atomic E-state index is 5.59. The van der Waals surface area contributed by atoms with Crippen molar-refractivity contribution in [1.29, 1.82) is 0 Å². The van der Waals surface area contributed by atoms with E-state index >= 15 is 0 Å². The Hall–Kier alpha value is -1.72. The van der Waals surface area contributed by atoms with Gasteiger partial charge in [0.05, 0.1) is 0 Å². The van der Waals surface area contributed by atoms with E-state index in [0.29, 0.717) is 24.7 Å². The van der Waals surface area contributed by atoms with E-state index in [1.54, 1.807) is 7.11 Å². The molecule has 1 unspecified atom stereocenters. The van der Waals surface area contributed by atoms with Gasteiger partial charge in [-0.2, -0.15) is 0 Å². The van der Waals surface area contributed by atoms with Crippen molar-refractivity contribution in [2.75, 3.05) is 13.7 Å². The summed E-state index contributed by atoms with van der Waals surface area (Å²) in [7, 11) is 1.63. The first-order valence-corrected chi connectivity index (χ1v) is 5.95. The van der Waals surface area contributed by atoms with Crippen LogP contribution in [0.1, 0.15) is 29.9 Å². The monoisotopic (exact) mass is 247 g/mol. The van der Waals surface area contributed by atoms with Crippen molar-refractivity contribution in [2.24, 2.45) is 5.73 Å². The van der Waals surface area contributed by atoms with Crippen molar-refractivity contribution in [3.8, 4) is 0 Å². The molecule has 0 radical (unpaired) electrons. The van der Waals surface area contributed by atoms with Crippen LogP contribution >= 0.6 is 0 Å². The van der Waals surface area contributed by atoms with E-state index in [9.17, 15) is 0 Å². The second-order valence-corrected chi connectivity index (χ2v) is 3.95. The van der Waals surface area contributed by atoms with Gasteiger partial charge in [-0.15, -0.1) is 10.2 Å². The Morgan fingerprint density at radius 3 is 2.72 bits per heavy atom. The fraction of sp³-hybridized carbons (Fsp3) is 0.385. The molecule has 0 bridgehead atoms. The molecule has 1 heterocycles. The predicted octanol–water partition coefficient (Wildman–Crippen LogP) is 1.70. The molecule has 0 saturated carbocycles. The van der Waals surface area contributed by atoms with Crippen LogP contribution < -0.4 is 5.73 Å². The maximum Gasteiger partial charge on any atom is 0.249 e. The Morgan fingerprint density at radius 2 is 2.06 bits per heavy atom. The molecule has 1 aromatic carbocycles. The maximum absolute atomic E-state index is 5.59. The van der Waals surface area contributed by atoms with Crippen LogP contribution in [-0.2, 0) is 11.2 Å². The fourth-order valence-corrected chi connectivity index (χ4v) is 1.73. The number of hydrogen-bond donors (Lipinski definition) is 1. The van der Waals surface area contributed by atoms with Gasteiger partial charge < -0.3 is 14.9 Å². The molecule has 2 aromatic rings. The molecular formula is C13H17N3O2. The lowest BCUT2D eigenvalue weighted by molar-refractivity contribution is 0.110.